The summed E-state index contributed by atoms with van der Waals surface area (Å²) in [6, 6.07) is 56.4. The second-order valence-electron chi connectivity index (χ2n) is 21.6. The number of hydrogen-bond donors (Lipinski definition) is 0. The van der Waals surface area contributed by atoms with Crippen molar-refractivity contribution in [1.82, 2.24) is 0 Å². The third-order valence-electron chi connectivity index (χ3n) is 17.0. The topological polar surface area (TPSA) is 0 Å². The first-order valence-corrected chi connectivity index (χ1v) is 29.5. The van der Waals surface area contributed by atoms with Crippen molar-refractivity contribution in [2.45, 2.75) is 179 Å². The third-order valence-corrected chi connectivity index (χ3v) is 17.6. The molecule has 2 aliphatic carbocycles. The fourth-order valence-electron chi connectivity index (χ4n) is 13.2. The van der Waals surface area contributed by atoms with Crippen LogP contribution in [0.4, 0.5) is 0 Å². The molecule has 0 saturated carbocycles. The molecule has 0 saturated heterocycles. The van der Waals surface area contributed by atoms with Gasteiger partial charge in [-0.05, 0) is 138 Å². The Morgan fingerprint density at radius 3 is 0.931 bits per heavy atom. The predicted octanol–water partition coefficient (Wildman–Crippen LogP) is 22.2. The summed E-state index contributed by atoms with van der Waals surface area (Å²) in [4.78, 5) is 0. The first-order chi connectivity index (χ1) is 35.4. The van der Waals surface area contributed by atoms with Gasteiger partial charge in [0.1, 0.15) is 0 Å². The summed E-state index contributed by atoms with van der Waals surface area (Å²) in [5.74, 6) is 0.843. The molecular formula is C70H80Cl2. The SMILES string of the molecule is CCCCCCC1(CCCCCC)c2ccccc2-c2ccc(-c3ccc(-c4c(CCl)ccc(CCl)c4-c4ccc(-c5ccc6c(c5)C(CCCCCC)(CCCCCC)c5ccccc5-6)cc4)cc3)cc21. The quantitative estimate of drug-likeness (QED) is 0.0375. The molecule has 374 valence electrons. The van der Waals surface area contributed by atoms with Crippen LogP contribution in [-0.4, -0.2) is 0 Å². The van der Waals surface area contributed by atoms with Crippen molar-refractivity contribution < 1.29 is 0 Å². The Hall–Kier alpha value is -4.88. The maximum atomic E-state index is 6.86. The lowest BCUT2D eigenvalue weighted by atomic mass is 9.70. The van der Waals surface area contributed by atoms with E-state index in [4.69, 9.17) is 23.2 Å². The van der Waals surface area contributed by atoms with Gasteiger partial charge in [-0.15, -0.1) is 23.2 Å². The zero-order valence-corrected chi connectivity index (χ0v) is 45.7. The maximum absolute atomic E-state index is 6.86. The first kappa shape index (κ1) is 52.0. The average molecular weight is 992 g/mol. The molecule has 0 radical (unpaired) electrons. The number of benzene rings is 7. The van der Waals surface area contributed by atoms with Crippen LogP contribution in [0.1, 0.15) is 189 Å². The summed E-state index contributed by atoms with van der Waals surface area (Å²) >= 11 is 13.7. The second kappa shape index (κ2) is 24.4. The van der Waals surface area contributed by atoms with Gasteiger partial charge in [0.2, 0.25) is 0 Å². The van der Waals surface area contributed by atoms with Gasteiger partial charge >= 0.3 is 0 Å². The molecule has 0 spiro atoms. The molecule has 72 heavy (non-hydrogen) atoms. The molecule has 0 aliphatic heterocycles. The van der Waals surface area contributed by atoms with Crippen LogP contribution in [0, 0.1) is 0 Å². The summed E-state index contributed by atoms with van der Waals surface area (Å²) in [5.41, 5.74) is 24.1. The van der Waals surface area contributed by atoms with E-state index in [1.54, 1.807) is 11.1 Å². The average Bonchev–Trinajstić information content (AvgIpc) is 3.86. The van der Waals surface area contributed by atoms with Gasteiger partial charge in [0.25, 0.3) is 0 Å². The molecule has 0 amide bonds. The minimum absolute atomic E-state index is 0.0593. The van der Waals surface area contributed by atoms with E-state index in [1.165, 1.54) is 206 Å². The summed E-state index contributed by atoms with van der Waals surface area (Å²) < 4.78 is 0. The minimum Gasteiger partial charge on any atom is -0.122 e. The number of hydrogen-bond acceptors (Lipinski definition) is 0. The molecule has 2 heteroatoms. The van der Waals surface area contributed by atoms with E-state index < -0.39 is 0 Å². The maximum Gasteiger partial charge on any atom is 0.0480 e. The molecule has 0 N–H and O–H groups in total. The minimum atomic E-state index is 0.0593. The highest BCUT2D eigenvalue weighted by Gasteiger charge is 2.43. The van der Waals surface area contributed by atoms with Crippen molar-refractivity contribution in [2.24, 2.45) is 0 Å². The summed E-state index contributed by atoms with van der Waals surface area (Å²) in [5, 5.41) is 0. The van der Waals surface area contributed by atoms with Gasteiger partial charge in [-0.1, -0.05) is 264 Å². The number of halogens is 2. The van der Waals surface area contributed by atoms with E-state index >= 15 is 0 Å². The molecule has 0 unspecified atom stereocenters. The fourth-order valence-corrected chi connectivity index (χ4v) is 13.7. The van der Waals surface area contributed by atoms with Crippen LogP contribution in [0.5, 0.6) is 0 Å². The van der Waals surface area contributed by atoms with Gasteiger partial charge in [0.15, 0.2) is 0 Å². The van der Waals surface area contributed by atoms with Gasteiger partial charge < -0.3 is 0 Å². The highest BCUT2D eigenvalue weighted by Crippen LogP contribution is 2.57. The molecule has 9 rings (SSSR count). The van der Waals surface area contributed by atoms with Crippen LogP contribution < -0.4 is 0 Å². The molecule has 0 aromatic heterocycles. The molecule has 0 fully saturated rings. The summed E-state index contributed by atoms with van der Waals surface area (Å²) in [7, 11) is 0. The number of rotatable bonds is 26. The van der Waals surface area contributed by atoms with E-state index in [2.05, 4.69) is 173 Å². The zero-order chi connectivity index (χ0) is 49.9. The highest BCUT2D eigenvalue weighted by molar-refractivity contribution is 6.19. The van der Waals surface area contributed by atoms with E-state index in [0.717, 1.165) is 11.1 Å². The molecule has 0 nitrogen and oxygen atoms in total. The normalized spacial score (nSPS) is 13.8. The van der Waals surface area contributed by atoms with Crippen molar-refractivity contribution >= 4 is 23.2 Å². The molecule has 0 bridgehead atoms. The lowest BCUT2D eigenvalue weighted by Gasteiger charge is -2.33. The van der Waals surface area contributed by atoms with Gasteiger partial charge in [-0.2, -0.15) is 0 Å². The smallest absolute Gasteiger partial charge is 0.0480 e. The van der Waals surface area contributed by atoms with Crippen LogP contribution >= 0.6 is 23.2 Å². The highest BCUT2D eigenvalue weighted by atomic mass is 35.5. The molecule has 0 atom stereocenters. The Morgan fingerprint density at radius 1 is 0.292 bits per heavy atom. The number of unbranched alkanes of at least 4 members (excludes halogenated alkanes) is 12. The standard InChI is InChI=1S/C70H80Cl2/c1-5-9-13-21-43-69(44-22-14-10-6-2)63-27-19-17-25-59(63)61-41-39-55(47-65(61)69)51-29-33-53(34-30-51)67-57(49-71)37-38-58(50-72)68(67)54-35-31-52(32-36-54)56-40-42-62-60-26-18-20-28-64(60)70(66(62)48-56,45-23-15-11-7-3)46-24-16-12-8-4/h17-20,25-42,47-48H,5-16,21-24,43-46,49-50H2,1-4H3. The van der Waals surface area contributed by atoms with Crippen LogP contribution in [-0.2, 0) is 22.6 Å². The van der Waals surface area contributed by atoms with Gasteiger partial charge in [0.05, 0.1) is 0 Å². The number of alkyl halides is 2. The molecule has 7 aromatic rings. The van der Waals surface area contributed by atoms with Crippen LogP contribution in [0.3, 0.4) is 0 Å². The monoisotopic (exact) mass is 991 g/mol. The fraction of sp³-hybridized carbons (Fsp3) is 0.400. The van der Waals surface area contributed by atoms with E-state index in [-0.39, 0.29) is 10.8 Å². The van der Waals surface area contributed by atoms with E-state index in [0.29, 0.717) is 11.8 Å². The van der Waals surface area contributed by atoms with Crippen molar-refractivity contribution in [2.75, 3.05) is 0 Å². The van der Waals surface area contributed by atoms with Crippen LogP contribution in [0.2, 0.25) is 0 Å². The van der Waals surface area contributed by atoms with Gasteiger partial charge in [0, 0.05) is 22.6 Å². The van der Waals surface area contributed by atoms with Crippen molar-refractivity contribution in [1.29, 1.82) is 0 Å². The molecule has 2 aliphatic rings. The lowest BCUT2D eigenvalue weighted by molar-refractivity contribution is 0.401. The number of fused-ring (bicyclic) bond motifs is 6. The lowest BCUT2D eigenvalue weighted by Crippen LogP contribution is -2.25. The van der Waals surface area contributed by atoms with Crippen LogP contribution in [0.25, 0.3) is 66.8 Å². The van der Waals surface area contributed by atoms with Gasteiger partial charge in [-0.3, -0.25) is 0 Å². The van der Waals surface area contributed by atoms with Crippen molar-refractivity contribution in [3.05, 3.63) is 179 Å². The molecule has 7 aromatic carbocycles. The van der Waals surface area contributed by atoms with Crippen molar-refractivity contribution in [3.8, 4) is 66.8 Å². The Labute approximate surface area is 445 Å². The molecule has 0 heterocycles. The van der Waals surface area contributed by atoms with E-state index in [1.807, 2.05) is 0 Å². The summed E-state index contributed by atoms with van der Waals surface area (Å²) in [6.45, 7) is 9.29. The Kier molecular flexibility index (Phi) is 17.6. The van der Waals surface area contributed by atoms with E-state index in [9.17, 15) is 0 Å². The van der Waals surface area contributed by atoms with Gasteiger partial charge in [-0.25, -0.2) is 0 Å². The zero-order valence-electron chi connectivity index (χ0n) is 44.2. The first-order valence-electron chi connectivity index (χ1n) is 28.4. The molecular weight excluding hydrogens is 912 g/mol. The Bertz CT molecular complexity index is 2660. The Balaban J connectivity index is 1.05. The summed E-state index contributed by atoms with van der Waals surface area (Å²) in [6.07, 6.45) is 25.4. The largest absolute Gasteiger partial charge is 0.122 e. The third kappa shape index (κ3) is 10.4. The van der Waals surface area contributed by atoms with Crippen molar-refractivity contribution in [3.63, 3.8) is 0 Å². The predicted molar refractivity (Wildman–Crippen MR) is 315 cm³/mol. The Morgan fingerprint density at radius 2 is 0.597 bits per heavy atom. The second-order valence-corrected chi connectivity index (χ2v) is 22.1. The van der Waals surface area contributed by atoms with Crippen LogP contribution in [0.15, 0.2) is 146 Å².